The number of hydrogen-bond donors (Lipinski definition) is 1. The van der Waals surface area contributed by atoms with Crippen LogP contribution in [-0.2, 0) is 6.54 Å². The van der Waals surface area contributed by atoms with Gasteiger partial charge in [0, 0.05) is 11.2 Å². The molecular formula is C15H19NS2. The largest absolute Gasteiger partial charge is 0.312 e. The lowest BCUT2D eigenvalue weighted by atomic mass is 10.0. The molecule has 0 bridgehead atoms. The maximum absolute atomic E-state index is 3.65. The van der Waals surface area contributed by atoms with Crippen LogP contribution in [0.4, 0.5) is 0 Å². The van der Waals surface area contributed by atoms with Crippen LogP contribution >= 0.6 is 23.1 Å². The lowest BCUT2D eigenvalue weighted by molar-refractivity contribution is 0.448. The minimum Gasteiger partial charge on any atom is -0.312 e. The molecule has 0 unspecified atom stereocenters. The molecular weight excluding hydrogens is 258 g/mol. The van der Waals surface area contributed by atoms with E-state index in [-0.39, 0.29) is 0 Å². The van der Waals surface area contributed by atoms with Crippen LogP contribution in [0, 0.1) is 5.92 Å². The number of benzene rings is 1. The molecule has 3 heteroatoms. The molecule has 0 radical (unpaired) electrons. The third-order valence-electron chi connectivity index (χ3n) is 3.65. The van der Waals surface area contributed by atoms with Crippen molar-refractivity contribution in [3.63, 3.8) is 0 Å². The van der Waals surface area contributed by atoms with Crippen LogP contribution in [0.1, 0.15) is 18.4 Å². The van der Waals surface area contributed by atoms with E-state index < -0.39 is 0 Å². The molecule has 1 aliphatic rings. The second-order valence-electron chi connectivity index (χ2n) is 4.94. The number of hydrogen-bond acceptors (Lipinski definition) is 3. The topological polar surface area (TPSA) is 12.0 Å². The van der Waals surface area contributed by atoms with Crippen molar-refractivity contribution in [2.75, 3.05) is 18.1 Å². The standard InChI is InChI=1S/C15H19NS2/c1-2-4-15-14(3-1)13(11-18-15)10-16-9-12-5-7-17-8-6-12/h1-4,11-12,16H,5-10H2. The summed E-state index contributed by atoms with van der Waals surface area (Å²) in [6.45, 7) is 2.21. The Bertz CT molecular complexity index is 500. The summed E-state index contributed by atoms with van der Waals surface area (Å²) in [7, 11) is 0. The van der Waals surface area contributed by atoms with Crippen molar-refractivity contribution < 1.29 is 0 Å². The van der Waals surface area contributed by atoms with E-state index in [0.29, 0.717) is 0 Å². The zero-order chi connectivity index (χ0) is 12.2. The molecule has 2 aromatic rings. The summed E-state index contributed by atoms with van der Waals surface area (Å²) in [6, 6.07) is 8.70. The SMILES string of the molecule is c1ccc2c(CNCC3CCSCC3)csc2c1. The quantitative estimate of drug-likeness (QED) is 0.901. The van der Waals surface area contributed by atoms with Gasteiger partial charge in [-0.1, -0.05) is 18.2 Å². The fourth-order valence-corrected chi connectivity index (χ4v) is 4.70. The zero-order valence-corrected chi connectivity index (χ0v) is 12.2. The molecule has 1 N–H and O–H groups in total. The highest BCUT2D eigenvalue weighted by Crippen LogP contribution is 2.26. The van der Waals surface area contributed by atoms with E-state index in [0.717, 1.165) is 12.5 Å². The fourth-order valence-electron chi connectivity index (χ4n) is 2.53. The summed E-state index contributed by atoms with van der Waals surface area (Å²) < 4.78 is 1.41. The average molecular weight is 277 g/mol. The Hall–Kier alpha value is -0.510. The van der Waals surface area contributed by atoms with Gasteiger partial charge < -0.3 is 5.32 Å². The summed E-state index contributed by atoms with van der Waals surface area (Å²) >= 11 is 3.96. The molecule has 0 amide bonds. The van der Waals surface area contributed by atoms with Crippen LogP contribution in [0.2, 0.25) is 0 Å². The summed E-state index contributed by atoms with van der Waals surface area (Å²) in [4.78, 5) is 0. The van der Waals surface area contributed by atoms with Gasteiger partial charge in [0.25, 0.3) is 0 Å². The van der Waals surface area contributed by atoms with E-state index in [1.54, 1.807) is 0 Å². The van der Waals surface area contributed by atoms with Gasteiger partial charge in [-0.15, -0.1) is 11.3 Å². The molecule has 96 valence electrons. The minimum absolute atomic E-state index is 0.899. The Morgan fingerprint density at radius 3 is 2.89 bits per heavy atom. The van der Waals surface area contributed by atoms with Crippen molar-refractivity contribution in [1.82, 2.24) is 5.32 Å². The monoisotopic (exact) mass is 277 g/mol. The molecule has 18 heavy (non-hydrogen) atoms. The van der Waals surface area contributed by atoms with Crippen LogP contribution < -0.4 is 5.32 Å². The third-order valence-corrected chi connectivity index (χ3v) is 5.71. The lowest BCUT2D eigenvalue weighted by Gasteiger charge is -2.21. The number of fused-ring (bicyclic) bond motifs is 1. The lowest BCUT2D eigenvalue weighted by Crippen LogP contribution is -2.25. The van der Waals surface area contributed by atoms with Gasteiger partial charge in [-0.2, -0.15) is 11.8 Å². The first-order valence-electron chi connectivity index (χ1n) is 6.67. The fraction of sp³-hybridized carbons (Fsp3) is 0.467. The van der Waals surface area contributed by atoms with E-state index in [1.165, 1.54) is 46.5 Å². The first-order chi connectivity index (χ1) is 8.93. The molecule has 1 nitrogen and oxygen atoms in total. The molecule has 1 aromatic carbocycles. The van der Waals surface area contributed by atoms with Gasteiger partial charge in [-0.25, -0.2) is 0 Å². The Labute approximate surface area is 117 Å². The van der Waals surface area contributed by atoms with Gasteiger partial charge >= 0.3 is 0 Å². The Kier molecular flexibility index (Phi) is 4.24. The highest BCUT2D eigenvalue weighted by molar-refractivity contribution is 7.99. The summed E-state index contributed by atoms with van der Waals surface area (Å²) in [5, 5.41) is 7.37. The van der Waals surface area contributed by atoms with Gasteiger partial charge in [0.15, 0.2) is 0 Å². The van der Waals surface area contributed by atoms with E-state index in [2.05, 4.69) is 46.7 Å². The van der Waals surface area contributed by atoms with Crippen molar-refractivity contribution in [1.29, 1.82) is 0 Å². The number of nitrogens with one attached hydrogen (secondary N) is 1. The van der Waals surface area contributed by atoms with E-state index in [4.69, 9.17) is 0 Å². The van der Waals surface area contributed by atoms with E-state index in [1.807, 2.05) is 11.3 Å². The van der Waals surface area contributed by atoms with Crippen LogP contribution in [0.5, 0.6) is 0 Å². The predicted molar refractivity (Wildman–Crippen MR) is 83.6 cm³/mol. The molecule has 1 aliphatic heterocycles. The predicted octanol–water partition coefficient (Wildman–Crippen LogP) is 4.13. The molecule has 1 aromatic heterocycles. The van der Waals surface area contributed by atoms with Crippen LogP contribution in [-0.4, -0.2) is 18.1 Å². The molecule has 2 heterocycles. The Balaban J connectivity index is 1.56. The van der Waals surface area contributed by atoms with Gasteiger partial charge in [0.1, 0.15) is 0 Å². The highest BCUT2D eigenvalue weighted by atomic mass is 32.2. The summed E-state index contributed by atoms with van der Waals surface area (Å²) in [5.41, 5.74) is 1.46. The smallest absolute Gasteiger partial charge is 0.0346 e. The molecule has 0 aliphatic carbocycles. The molecule has 0 atom stereocenters. The van der Waals surface area contributed by atoms with Gasteiger partial charge in [0.05, 0.1) is 0 Å². The van der Waals surface area contributed by atoms with Crippen LogP contribution in [0.15, 0.2) is 29.6 Å². The van der Waals surface area contributed by atoms with Gasteiger partial charge in [0.2, 0.25) is 0 Å². The van der Waals surface area contributed by atoms with Gasteiger partial charge in [-0.3, -0.25) is 0 Å². The number of thiophene rings is 1. The summed E-state index contributed by atoms with van der Waals surface area (Å²) in [6.07, 6.45) is 2.78. The number of rotatable bonds is 4. The number of thioether (sulfide) groups is 1. The minimum atomic E-state index is 0.899. The Morgan fingerprint density at radius 2 is 2.00 bits per heavy atom. The molecule has 3 rings (SSSR count). The second-order valence-corrected chi connectivity index (χ2v) is 7.08. The third kappa shape index (κ3) is 2.90. The molecule has 0 spiro atoms. The van der Waals surface area contributed by atoms with Crippen LogP contribution in [0.3, 0.4) is 0 Å². The normalized spacial score (nSPS) is 17.3. The first-order valence-corrected chi connectivity index (χ1v) is 8.70. The average Bonchev–Trinajstić information content (AvgIpc) is 2.84. The summed E-state index contributed by atoms with van der Waals surface area (Å²) in [5.74, 6) is 3.61. The van der Waals surface area contributed by atoms with Crippen molar-refractivity contribution >= 4 is 33.2 Å². The molecule has 1 saturated heterocycles. The van der Waals surface area contributed by atoms with Crippen molar-refractivity contribution in [3.05, 3.63) is 35.2 Å². The molecule has 1 fully saturated rings. The van der Waals surface area contributed by atoms with E-state index in [9.17, 15) is 0 Å². The maximum Gasteiger partial charge on any atom is 0.0346 e. The first kappa shape index (κ1) is 12.5. The second kappa shape index (κ2) is 6.09. The van der Waals surface area contributed by atoms with E-state index >= 15 is 0 Å². The van der Waals surface area contributed by atoms with Crippen molar-refractivity contribution in [2.45, 2.75) is 19.4 Å². The van der Waals surface area contributed by atoms with Gasteiger partial charge in [-0.05, 0) is 59.2 Å². The molecule has 0 saturated carbocycles. The zero-order valence-electron chi connectivity index (χ0n) is 10.5. The van der Waals surface area contributed by atoms with Crippen molar-refractivity contribution in [2.24, 2.45) is 5.92 Å². The van der Waals surface area contributed by atoms with Crippen LogP contribution in [0.25, 0.3) is 10.1 Å². The highest BCUT2D eigenvalue weighted by Gasteiger charge is 2.13. The Morgan fingerprint density at radius 1 is 1.17 bits per heavy atom. The van der Waals surface area contributed by atoms with Crippen molar-refractivity contribution in [3.8, 4) is 0 Å². The maximum atomic E-state index is 3.65.